The molecule has 0 aliphatic rings. The summed E-state index contributed by atoms with van der Waals surface area (Å²) >= 11 is 3.53. The molecular formula is C16H12BrN5. The summed E-state index contributed by atoms with van der Waals surface area (Å²) in [7, 11) is 0. The summed E-state index contributed by atoms with van der Waals surface area (Å²) in [6.07, 6.45) is 1.71. The molecular weight excluding hydrogens is 342 g/mol. The first kappa shape index (κ1) is 13.2. The van der Waals surface area contributed by atoms with Crippen LogP contribution in [0, 0.1) is 6.92 Å². The van der Waals surface area contributed by atoms with E-state index in [1.54, 1.807) is 6.33 Å². The first-order valence-electron chi connectivity index (χ1n) is 6.84. The van der Waals surface area contributed by atoms with Crippen molar-refractivity contribution in [2.75, 3.05) is 5.32 Å². The van der Waals surface area contributed by atoms with Gasteiger partial charge < -0.3 is 5.32 Å². The van der Waals surface area contributed by atoms with E-state index in [9.17, 15) is 0 Å². The summed E-state index contributed by atoms with van der Waals surface area (Å²) in [6.45, 7) is 2.06. The number of rotatable bonds is 2. The number of aromatic nitrogens is 4. The molecule has 4 rings (SSSR count). The van der Waals surface area contributed by atoms with Gasteiger partial charge in [0.15, 0.2) is 5.82 Å². The van der Waals surface area contributed by atoms with Gasteiger partial charge in [-0.1, -0.05) is 18.2 Å². The average molecular weight is 354 g/mol. The Hall–Kier alpha value is -2.47. The lowest BCUT2D eigenvalue weighted by atomic mass is 10.2. The molecule has 0 bridgehead atoms. The zero-order valence-corrected chi connectivity index (χ0v) is 13.4. The van der Waals surface area contributed by atoms with Crippen LogP contribution in [0.2, 0.25) is 0 Å². The minimum absolute atomic E-state index is 0.681. The molecule has 0 saturated carbocycles. The summed E-state index contributed by atoms with van der Waals surface area (Å²) in [5.74, 6) is 0.681. The van der Waals surface area contributed by atoms with Gasteiger partial charge in [-0.2, -0.15) is 0 Å². The molecule has 0 saturated heterocycles. The van der Waals surface area contributed by atoms with Gasteiger partial charge in [-0.15, -0.1) is 10.2 Å². The number of aryl methyl sites for hydroxylation is 1. The van der Waals surface area contributed by atoms with Gasteiger partial charge in [0.2, 0.25) is 5.65 Å². The number of anilines is 2. The number of benzene rings is 2. The van der Waals surface area contributed by atoms with E-state index in [4.69, 9.17) is 4.98 Å². The second-order valence-corrected chi connectivity index (χ2v) is 5.94. The lowest BCUT2D eigenvalue weighted by Crippen LogP contribution is -2.00. The first-order valence-corrected chi connectivity index (χ1v) is 7.63. The van der Waals surface area contributed by atoms with Gasteiger partial charge in [0.1, 0.15) is 6.33 Å². The number of hydrogen-bond donors (Lipinski definition) is 1. The second kappa shape index (κ2) is 5.06. The molecule has 0 aliphatic heterocycles. The number of hydrogen-bond acceptors (Lipinski definition) is 4. The van der Waals surface area contributed by atoms with Crippen LogP contribution < -0.4 is 5.32 Å². The lowest BCUT2D eigenvalue weighted by Gasteiger charge is -2.10. The van der Waals surface area contributed by atoms with E-state index in [0.29, 0.717) is 11.5 Å². The second-order valence-electron chi connectivity index (χ2n) is 5.08. The van der Waals surface area contributed by atoms with E-state index in [2.05, 4.69) is 44.4 Å². The zero-order chi connectivity index (χ0) is 15.1. The van der Waals surface area contributed by atoms with Crippen LogP contribution in [0.5, 0.6) is 0 Å². The summed E-state index contributed by atoms with van der Waals surface area (Å²) in [6, 6.07) is 14.0. The molecule has 0 atom stereocenters. The molecule has 2 heterocycles. The van der Waals surface area contributed by atoms with Gasteiger partial charge >= 0.3 is 0 Å². The fourth-order valence-corrected chi connectivity index (χ4v) is 2.82. The average Bonchev–Trinajstić information content (AvgIpc) is 3.00. The minimum atomic E-state index is 0.681. The number of nitrogens with zero attached hydrogens (tertiary/aromatic N) is 4. The van der Waals surface area contributed by atoms with Gasteiger partial charge in [0.25, 0.3) is 0 Å². The fourth-order valence-electron chi connectivity index (χ4n) is 2.44. The van der Waals surface area contributed by atoms with E-state index in [0.717, 1.165) is 21.2 Å². The third-order valence-corrected chi connectivity index (χ3v) is 4.20. The first-order chi connectivity index (χ1) is 10.7. The molecule has 1 N–H and O–H groups in total. The Morgan fingerprint density at radius 3 is 2.86 bits per heavy atom. The number of halogens is 1. The molecule has 2 aromatic carbocycles. The van der Waals surface area contributed by atoms with Crippen LogP contribution in [0.1, 0.15) is 5.56 Å². The van der Waals surface area contributed by atoms with E-state index in [1.807, 2.05) is 40.8 Å². The molecule has 4 aromatic rings. The van der Waals surface area contributed by atoms with Crippen LogP contribution in [0.25, 0.3) is 16.7 Å². The van der Waals surface area contributed by atoms with Crippen LogP contribution in [0.15, 0.2) is 53.3 Å². The van der Waals surface area contributed by atoms with Crippen LogP contribution in [-0.4, -0.2) is 19.6 Å². The number of fused-ring (bicyclic) bond motifs is 3. The Balaban J connectivity index is 1.95. The summed E-state index contributed by atoms with van der Waals surface area (Å²) < 4.78 is 2.92. The van der Waals surface area contributed by atoms with Crippen molar-refractivity contribution in [2.45, 2.75) is 6.92 Å². The van der Waals surface area contributed by atoms with Crippen LogP contribution in [0.4, 0.5) is 11.5 Å². The fraction of sp³-hybridized carbons (Fsp3) is 0.0625. The molecule has 0 spiro atoms. The summed E-state index contributed by atoms with van der Waals surface area (Å²) in [5.41, 5.74) is 4.71. The van der Waals surface area contributed by atoms with Gasteiger partial charge in [-0.05, 0) is 52.7 Å². The number of nitrogens with one attached hydrogen (secondary N) is 1. The number of para-hydroxylation sites is 1. The van der Waals surface area contributed by atoms with Crippen LogP contribution >= 0.6 is 15.9 Å². The van der Waals surface area contributed by atoms with Crippen molar-refractivity contribution >= 4 is 44.1 Å². The monoisotopic (exact) mass is 353 g/mol. The highest BCUT2D eigenvalue weighted by Gasteiger charge is 2.11. The quantitative estimate of drug-likeness (QED) is 0.589. The smallest absolute Gasteiger partial charge is 0.204 e. The van der Waals surface area contributed by atoms with E-state index in [-0.39, 0.29) is 0 Å². The van der Waals surface area contributed by atoms with Crippen molar-refractivity contribution in [1.82, 2.24) is 19.6 Å². The Morgan fingerprint density at radius 1 is 1.14 bits per heavy atom. The van der Waals surface area contributed by atoms with Crippen LogP contribution in [0.3, 0.4) is 0 Å². The highest BCUT2D eigenvalue weighted by molar-refractivity contribution is 9.10. The molecule has 0 unspecified atom stereocenters. The summed E-state index contributed by atoms with van der Waals surface area (Å²) in [4.78, 5) is 4.70. The molecule has 22 heavy (non-hydrogen) atoms. The molecule has 108 valence electrons. The predicted molar refractivity (Wildman–Crippen MR) is 90.4 cm³/mol. The maximum Gasteiger partial charge on any atom is 0.204 e. The van der Waals surface area contributed by atoms with Crippen molar-refractivity contribution in [1.29, 1.82) is 0 Å². The highest BCUT2D eigenvalue weighted by Crippen LogP contribution is 2.28. The Kier molecular flexibility index (Phi) is 3.04. The molecule has 0 radical (unpaired) electrons. The zero-order valence-electron chi connectivity index (χ0n) is 11.8. The van der Waals surface area contributed by atoms with Crippen molar-refractivity contribution in [3.05, 3.63) is 58.8 Å². The Bertz CT molecular complexity index is 992. The topological polar surface area (TPSA) is 55.1 Å². The molecule has 2 aromatic heterocycles. The standard InChI is InChI=1S/C16H12BrN5/c1-10-6-7-13-14(8-10)22-9-18-21-16(22)15(20-13)19-12-5-3-2-4-11(12)17/h2-9H,1H3,(H,19,20). The van der Waals surface area contributed by atoms with E-state index in [1.165, 1.54) is 5.56 Å². The predicted octanol–water partition coefficient (Wildman–Crippen LogP) is 4.09. The molecule has 0 fully saturated rings. The van der Waals surface area contributed by atoms with Crippen molar-refractivity contribution < 1.29 is 0 Å². The SMILES string of the molecule is Cc1ccc2nc(Nc3ccccc3Br)c3nncn3c2c1. The third-order valence-electron chi connectivity index (χ3n) is 3.51. The maximum atomic E-state index is 4.70. The van der Waals surface area contributed by atoms with Crippen molar-refractivity contribution in [3.63, 3.8) is 0 Å². The Labute approximate surface area is 135 Å². The van der Waals surface area contributed by atoms with Crippen molar-refractivity contribution in [2.24, 2.45) is 0 Å². The molecule has 0 amide bonds. The van der Waals surface area contributed by atoms with E-state index >= 15 is 0 Å². The van der Waals surface area contributed by atoms with Gasteiger partial charge in [-0.25, -0.2) is 4.98 Å². The van der Waals surface area contributed by atoms with Gasteiger partial charge in [-0.3, -0.25) is 4.40 Å². The largest absolute Gasteiger partial charge is 0.336 e. The Morgan fingerprint density at radius 2 is 2.00 bits per heavy atom. The molecule has 0 aliphatic carbocycles. The maximum absolute atomic E-state index is 4.70. The lowest BCUT2D eigenvalue weighted by molar-refractivity contribution is 1.11. The third kappa shape index (κ3) is 2.12. The molecule has 5 nitrogen and oxygen atoms in total. The summed E-state index contributed by atoms with van der Waals surface area (Å²) in [5, 5.41) is 11.6. The van der Waals surface area contributed by atoms with Gasteiger partial charge in [0.05, 0.1) is 16.7 Å². The van der Waals surface area contributed by atoms with Gasteiger partial charge in [0, 0.05) is 4.47 Å². The highest BCUT2D eigenvalue weighted by atomic mass is 79.9. The molecule has 6 heteroatoms. The normalized spacial score (nSPS) is 11.2. The van der Waals surface area contributed by atoms with Crippen LogP contribution in [-0.2, 0) is 0 Å². The van der Waals surface area contributed by atoms with E-state index < -0.39 is 0 Å². The van der Waals surface area contributed by atoms with Crippen molar-refractivity contribution in [3.8, 4) is 0 Å². The minimum Gasteiger partial charge on any atom is -0.336 e.